The monoisotopic (exact) mass is 434 g/mol. The maximum atomic E-state index is 13.5. The normalized spacial score (nSPS) is 16.7. The fourth-order valence-electron chi connectivity index (χ4n) is 4.07. The minimum absolute atomic E-state index is 0.120. The molecule has 1 amide bonds. The Bertz CT molecular complexity index is 1080. The molecule has 0 aliphatic carbocycles. The molecular formula is C24H27FN6O. The highest BCUT2D eigenvalue weighted by Crippen LogP contribution is 2.31. The van der Waals surface area contributed by atoms with Gasteiger partial charge in [0.05, 0.1) is 5.92 Å². The van der Waals surface area contributed by atoms with Gasteiger partial charge in [0.25, 0.3) is 0 Å². The molecule has 8 heteroatoms. The SMILES string of the molecule is NC(=O)C(c1cccnc1)c1ccc(N2CC[C@H](N)C2)nc1NCCc1cccc(F)c1. The number of carbonyl (C=O) groups excluding carboxylic acids is 1. The molecule has 2 atom stereocenters. The van der Waals surface area contributed by atoms with Crippen molar-refractivity contribution in [2.45, 2.75) is 24.8 Å². The van der Waals surface area contributed by atoms with Crippen LogP contribution in [0.5, 0.6) is 0 Å². The first-order chi connectivity index (χ1) is 15.5. The molecule has 166 valence electrons. The number of carbonyl (C=O) groups is 1. The van der Waals surface area contributed by atoms with Crippen LogP contribution in [0.15, 0.2) is 60.9 Å². The average molecular weight is 435 g/mol. The third kappa shape index (κ3) is 5.03. The predicted octanol–water partition coefficient (Wildman–Crippen LogP) is 2.42. The zero-order valence-electron chi connectivity index (χ0n) is 17.7. The van der Waals surface area contributed by atoms with Crippen LogP contribution in [0, 0.1) is 5.82 Å². The van der Waals surface area contributed by atoms with Crippen molar-refractivity contribution in [1.82, 2.24) is 9.97 Å². The summed E-state index contributed by atoms with van der Waals surface area (Å²) < 4.78 is 13.5. The number of hydrogen-bond acceptors (Lipinski definition) is 6. The lowest BCUT2D eigenvalue weighted by atomic mass is 9.92. The standard InChI is InChI=1S/C24H27FN6O/c25-18-5-1-3-16(13-18)8-11-29-24-20(22(23(27)32)17-4-2-10-28-14-17)6-7-21(30-24)31-12-9-19(26)15-31/h1-7,10,13-14,19,22H,8-9,11-12,15,26H2,(H2,27,32)(H,29,30)/t19-,22?/m0/s1. The van der Waals surface area contributed by atoms with Crippen molar-refractivity contribution < 1.29 is 9.18 Å². The van der Waals surface area contributed by atoms with Gasteiger partial charge in [0.1, 0.15) is 17.5 Å². The number of amides is 1. The third-order valence-electron chi connectivity index (χ3n) is 5.67. The Morgan fingerprint density at radius 1 is 1.25 bits per heavy atom. The summed E-state index contributed by atoms with van der Waals surface area (Å²) in [5, 5.41) is 3.34. The number of pyridine rings is 2. The van der Waals surface area contributed by atoms with Crippen LogP contribution in [-0.4, -0.2) is 41.6 Å². The molecule has 1 aliphatic heterocycles. The Kier molecular flexibility index (Phi) is 6.61. The number of nitrogens with one attached hydrogen (secondary N) is 1. The van der Waals surface area contributed by atoms with Gasteiger partial charge in [0, 0.05) is 43.6 Å². The van der Waals surface area contributed by atoms with Crippen molar-refractivity contribution in [2.24, 2.45) is 11.5 Å². The second kappa shape index (κ2) is 9.74. The summed E-state index contributed by atoms with van der Waals surface area (Å²) in [5.74, 6) is -0.0675. The molecule has 0 spiro atoms. The molecule has 1 saturated heterocycles. The number of nitrogens with zero attached hydrogens (tertiary/aromatic N) is 3. The van der Waals surface area contributed by atoms with E-state index in [2.05, 4.69) is 15.2 Å². The van der Waals surface area contributed by atoms with E-state index in [0.717, 1.165) is 30.9 Å². The molecule has 0 saturated carbocycles. The quantitative estimate of drug-likeness (QED) is 0.502. The average Bonchev–Trinajstić information content (AvgIpc) is 3.22. The van der Waals surface area contributed by atoms with E-state index in [0.29, 0.717) is 29.9 Å². The molecule has 7 nitrogen and oxygen atoms in total. The third-order valence-corrected chi connectivity index (χ3v) is 5.67. The summed E-state index contributed by atoms with van der Waals surface area (Å²) >= 11 is 0. The Balaban J connectivity index is 1.64. The summed E-state index contributed by atoms with van der Waals surface area (Å²) in [5.41, 5.74) is 14.1. The van der Waals surface area contributed by atoms with Gasteiger partial charge in [0.2, 0.25) is 5.91 Å². The van der Waals surface area contributed by atoms with Gasteiger partial charge in [-0.15, -0.1) is 0 Å². The molecule has 1 aromatic carbocycles. The van der Waals surface area contributed by atoms with E-state index in [9.17, 15) is 9.18 Å². The molecule has 0 radical (unpaired) electrons. The number of aromatic nitrogens is 2. The Hall–Kier alpha value is -3.52. The lowest BCUT2D eigenvalue weighted by Gasteiger charge is -2.22. The Morgan fingerprint density at radius 2 is 2.12 bits per heavy atom. The van der Waals surface area contributed by atoms with Crippen LogP contribution < -0.4 is 21.7 Å². The summed E-state index contributed by atoms with van der Waals surface area (Å²) in [6, 6.07) is 14.0. The number of rotatable bonds is 8. The Morgan fingerprint density at radius 3 is 2.81 bits per heavy atom. The number of primary amides is 1. The number of hydrogen-bond donors (Lipinski definition) is 3. The molecule has 1 fully saturated rings. The van der Waals surface area contributed by atoms with Crippen LogP contribution in [0.3, 0.4) is 0 Å². The van der Waals surface area contributed by atoms with Gasteiger partial charge in [-0.05, 0) is 48.2 Å². The first kappa shape index (κ1) is 21.7. The summed E-state index contributed by atoms with van der Waals surface area (Å²) in [6.45, 7) is 2.08. The molecule has 0 bridgehead atoms. The summed E-state index contributed by atoms with van der Waals surface area (Å²) in [4.78, 5) is 23.5. The molecule has 3 heterocycles. The van der Waals surface area contributed by atoms with Crippen molar-refractivity contribution in [1.29, 1.82) is 0 Å². The molecule has 3 aromatic rings. The zero-order chi connectivity index (χ0) is 22.5. The van der Waals surface area contributed by atoms with E-state index in [4.69, 9.17) is 16.5 Å². The predicted molar refractivity (Wildman–Crippen MR) is 123 cm³/mol. The fraction of sp³-hybridized carbons (Fsp3) is 0.292. The highest BCUT2D eigenvalue weighted by Gasteiger charge is 2.26. The first-order valence-corrected chi connectivity index (χ1v) is 10.7. The van der Waals surface area contributed by atoms with E-state index >= 15 is 0 Å². The minimum Gasteiger partial charge on any atom is -0.369 e. The van der Waals surface area contributed by atoms with E-state index in [1.807, 2.05) is 24.3 Å². The van der Waals surface area contributed by atoms with Gasteiger partial charge < -0.3 is 21.7 Å². The van der Waals surface area contributed by atoms with Crippen LogP contribution in [0.4, 0.5) is 16.0 Å². The number of anilines is 2. The smallest absolute Gasteiger partial charge is 0.229 e. The maximum absolute atomic E-state index is 13.5. The van der Waals surface area contributed by atoms with Gasteiger partial charge in [-0.3, -0.25) is 9.78 Å². The maximum Gasteiger partial charge on any atom is 0.229 e. The summed E-state index contributed by atoms with van der Waals surface area (Å²) in [7, 11) is 0. The Labute approximate surface area is 186 Å². The number of benzene rings is 1. The van der Waals surface area contributed by atoms with Gasteiger partial charge in [-0.1, -0.05) is 24.3 Å². The molecule has 1 unspecified atom stereocenters. The molecular weight excluding hydrogens is 407 g/mol. The molecule has 5 N–H and O–H groups in total. The number of nitrogens with two attached hydrogens (primary N) is 2. The van der Waals surface area contributed by atoms with E-state index in [1.54, 1.807) is 24.5 Å². The van der Waals surface area contributed by atoms with Crippen LogP contribution >= 0.6 is 0 Å². The number of halogens is 1. The van der Waals surface area contributed by atoms with Crippen LogP contribution in [0.25, 0.3) is 0 Å². The second-order valence-corrected chi connectivity index (χ2v) is 8.03. The van der Waals surface area contributed by atoms with Crippen LogP contribution in [0.2, 0.25) is 0 Å². The molecule has 1 aliphatic rings. The first-order valence-electron chi connectivity index (χ1n) is 10.7. The highest BCUT2D eigenvalue weighted by atomic mass is 19.1. The van der Waals surface area contributed by atoms with E-state index in [-0.39, 0.29) is 11.9 Å². The van der Waals surface area contributed by atoms with Crippen LogP contribution in [0.1, 0.15) is 29.0 Å². The molecule has 32 heavy (non-hydrogen) atoms. The van der Waals surface area contributed by atoms with Gasteiger partial charge in [-0.25, -0.2) is 9.37 Å². The van der Waals surface area contributed by atoms with Crippen molar-refractivity contribution in [3.05, 3.63) is 83.4 Å². The highest BCUT2D eigenvalue weighted by molar-refractivity contribution is 5.87. The van der Waals surface area contributed by atoms with Gasteiger partial charge in [0.15, 0.2) is 0 Å². The van der Waals surface area contributed by atoms with Crippen molar-refractivity contribution in [3.63, 3.8) is 0 Å². The topological polar surface area (TPSA) is 110 Å². The zero-order valence-corrected chi connectivity index (χ0v) is 17.7. The molecule has 4 rings (SSSR count). The van der Waals surface area contributed by atoms with E-state index in [1.165, 1.54) is 12.1 Å². The van der Waals surface area contributed by atoms with Gasteiger partial charge in [-0.2, -0.15) is 0 Å². The minimum atomic E-state index is -0.692. The van der Waals surface area contributed by atoms with Crippen molar-refractivity contribution >= 4 is 17.5 Å². The largest absolute Gasteiger partial charge is 0.369 e. The lowest BCUT2D eigenvalue weighted by molar-refractivity contribution is -0.118. The van der Waals surface area contributed by atoms with Crippen LogP contribution in [-0.2, 0) is 11.2 Å². The van der Waals surface area contributed by atoms with Crippen molar-refractivity contribution in [2.75, 3.05) is 29.9 Å². The van der Waals surface area contributed by atoms with Crippen molar-refractivity contribution in [3.8, 4) is 0 Å². The molecule has 2 aromatic heterocycles. The lowest BCUT2D eigenvalue weighted by Crippen LogP contribution is -2.28. The van der Waals surface area contributed by atoms with Gasteiger partial charge >= 0.3 is 0 Å². The van der Waals surface area contributed by atoms with E-state index < -0.39 is 11.8 Å². The fourth-order valence-corrected chi connectivity index (χ4v) is 4.07. The second-order valence-electron chi connectivity index (χ2n) is 8.03. The summed E-state index contributed by atoms with van der Waals surface area (Å²) in [6.07, 6.45) is 4.80.